The van der Waals surface area contributed by atoms with E-state index in [0.29, 0.717) is 45.9 Å². The molecule has 13 heteroatoms. The van der Waals surface area contributed by atoms with Crippen LogP contribution in [0.1, 0.15) is 6.42 Å². The van der Waals surface area contributed by atoms with Gasteiger partial charge in [-0.05, 0) is 48.6 Å². The van der Waals surface area contributed by atoms with Crippen LogP contribution in [-0.4, -0.2) is 80.2 Å². The number of hydrogen-bond donors (Lipinski definition) is 0. The average molecular weight is 718 g/mol. The second-order valence-corrected chi connectivity index (χ2v) is 17.4. The molecule has 0 radical (unpaired) electrons. The fraction of sp³-hybridized carbons (Fsp3) is 0.179. The minimum absolute atomic E-state index is 0. The van der Waals surface area contributed by atoms with Crippen molar-refractivity contribution in [2.75, 3.05) is 20.6 Å². The van der Waals surface area contributed by atoms with Crippen LogP contribution in [0.25, 0.3) is 89.7 Å². The summed E-state index contributed by atoms with van der Waals surface area (Å²) in [6.07, 6.45) is 1.07. The van der Waals surface area contributed by atoms with E-state index in [1.54, 1.807) is 0 Å². The van der Waals surface area contributed by atoms with Gasteiger partial charge in [0, 0.05) is 44.8 Å². The van der Waals surface area contributed by atoms with Gasteiger partial charge in [0.15, 0.2) is 0 Å². The Morgan fingerprint density at radius 2 is 0.808 bits per heavy atom. The van der Waals surface area contributed by atoms with Gasteiger partial charge in [-0.2, -0.15) is 0 Å². The molecule has 0 aliphatic carbocycles. The van der Waals surface area contributed by atoms with Crippen LogP contribution in [0.15, 0.2) is 97.1 Å². The van der Waals surface area contributed by atoms with Gasteiger partial charge in [-0.25, -0.2) is 9.97 Å². The zero-order valence-corrected chi connectivity index (χ0v) is 31.2. The smallest absolute Gasteiger partial charge is 0.870 e. The van der Waals surface area contributed by atoms with Crippen molar-refractivity contribution in [1.29, 1.82) is 0 Å². The van der Waals surface area contributed by atoms with Gasteiger partial charge in [0.05, 0.1) is 23.3 Å². The maximum Gasteiger partial charge on any atom is 4.00 e. The summed E-state index contributed by atoms with van der Waals surface area (Å²) in [5, 5.41) is 3.57. The largest absolute Gasteiger partial charge is 4.00 e. The van der Waals surface area contributed by atoms with Gasteiger partial charge in [0.25, 0.3) is 0 Å². The summed E-state index contributed by atoms with van der Waals surface area (Å²) in [5.74, 6) is 2.21. The fourth-order valence-corrected chi connectivity index (χ4v) is 7.29. The molecule has 7 aromatic rings. The molecule has 2 aliphatic rings. The van der Waals surface area contributed by atoms with Crippen molar-refractivity contribution in [3.8, 4) is 45.6 Å². The molecule has 0 saturated carbocycles. The summed E-state index contributed by atoms with van der Waals surface area (Å²) in [7, 11) is 2.08. The predicted octanol–water partition coefficient (Wildman–Crippen LogP) is 6.07. The Balaban J connectivity index is 0.000000343. The van der Waals surface area contributed by atoms with Crippen molar-refractivity contribution in [1.82, 2.24) is 44.8 Å². The molecule has 0 atom stereocenters. The molecule has 0 spiro atoms. The summed E-state index contributed by atoms with van der Waals surface area (Å²) < 4.78 is 0. The molecular weight excluding hydrogens is 683 g/mol. The maximum absolute atomic E-state index is 11.2. The molecule has 0 unspecified atom stereocenters. The first-order chi connectivity index (χ1) is 24.2. The van der Waals surface area contributed by atoms with Gasteiger partial charge < -0.3 is 45.1 Å². The van der Waals surface area contributed by atoms with Gasteiger partial charge in [-0.3, -0.25) is 0 Å². The molecule has 3 aromatic heterocycles. The summed E-state index contributed by atoms with van der Waals surface area (Å²) in [6.45, 7) is 4.81. The molecule has 0 amide bonds. The minimum atomic E-state index is -2.00. The molecule has 1 N–H and O–H groups in total. The van der Waals surface area contributed by atoms with E-state index in [0.717, 1.165) is 62.8 Å². The molecule has 256 valence electrons. The molecule has 4 aromatic carbocycles. The Hall–Kier alpha value is -5.45. The summed E-state index contributed by atoms with van der Waals surface area (Å²) in [4.78, 5) is 52.6. The first kappa shape index (κ1) is 36.3. The Morgan fingerprint density at radius 1 is 0.519 bits per heavy atom. The number of nitrogens with zero attached hydrogens (tertiary/aromatic N) is 9. The zero-order valence-electron chi connectivity index (χ0n) is 29.2. The summed E-state index contributed by atoms with van der Waals surface area (Å²) >= 11 is 0. The van der Waals surface area contributed by atoms with Crippen LogP contribution < -0.4 is 14.8 Å². The van der Waals surface area contributed by atoms with Crippen molar-refractivity contribution < 1.29 is 10.3 Å². The van der Waals surface area contributed by atoms with Crippen LogP contribution in [0.2, 0.25) is 19.1 Å². The van der Waals surface area contributed by atoms with E-state index < -0.39 is 8.32 Å². The Labute approximate surface area is 306 Å². The summed E-state index contributed by atoms with van der Waals surface area (Å²) in [6, 6.07) is 32.7. The molecule has 0 fully saturated rings. The van der Waals surface area contributed by atoms with E-state index >= 15 is 0 Å². The van der Waals surface area contributed by atoms with E-state index in [-0.39, 0.29) is 16.4 Å². The number of benzene rings is 4. The Morgan fingerprint density at radius 3 is 1.08 bits per heavy atom. The fourth-order valence-electron chi connectivity index (χ4n) is 6.28. The number of fused-ring (bicyclic) bond motifs is 20. The second-order valence-electron chi connectivity index (χ2n) is 13.3. The van der Waals surface area contributed by atoms with Gasteiger partial charge in [-0.15, -0.1) is 0 Å². The number of aromatic nitrogens is 8. The molecule has 8 bridgehead atoms. The minimum Gasteiger partial charge on any atom is -0.870 e. The summed E-state index contributed by atoms with van der Waals surface area (Å²) in [5.41, 5.74) is 5.78. The van der Waals surface area contributed by atoms with Crippen LogP contribution in [0, 0.1) is 0 Å². The Kier molecular flexibility index (Phi) is 10.2. The zero-order chi connectivity index (χ0) is 34.4. The molecule has 5 heterocycles. The van der Waals surface area contributed by atoms with Crippen molar-refractivity contribution in [2.24, 2.45) is 0 Å². The van der Waals surface area contributed by atoms with E-state index in [1.165, 1.54) is 0 Å². The number of rotatable bonds is 4. The van der Waals surface area contributed by atoms with Gasteiger partial charge >= 0.3 is 11.0 Å². The van der Waals surface area contributed by atoms with Crippen molar-refractivity contribution in [2.45, 2.75) is 25.6 Å². The average Bonchev–Trinajstić information content (AvgIpc) is 3.84. The molecule has 9 rings (SSSR count). The third-order valence-corrected chi connectivity index (χ3v) is 10.3. The number of hydrogen-bond acceptors (Lipinski definition) is 9. The van der Waals surface area contributed by atoms with Crippen LogP contribution >= 0.6 is 0 Å². The van der Waals surface area contributed by atoms with E-state index in [9.17, 15) is 4.80 Å². The van der Waals surface area contributed by atoms with Crippen molar-refractivity contribution in [3.05, 3.63) is 97.1 Å². The van der Waals surface area contributed by atoms with E-state index in [2.05, 4.69) is 4.90 Å². The molecule has 2 aliphatic heterocycles. The molecule has 11 nitrogen and oxygen atoms in total. The molecule has 52 heavy (non-hydrogen) atoms. The maximum atomic E-state index is 11.2. The quantitative estimate of drug-likeness (QED) is 0.194. The van der Waals surface area contributed by atoms with Crippen molar-refractivity contribution in [3.63, 3.8) is 0 Å². The van der Waals surface area contributed by atoms with Gasteiger partial charge in [0.1, 0.15) is 0 Å². The standard InChI is InChI=1S/C32H16N8.C7H18NOSi.H2O.Si/c1-2-10-18-17(9-1)25-33-26(18)38-28-21-13-5-6-14-22(21)30(35-28)40-32-24-16-8-7-15-23(24)31(36-32)39-29-20-12-4-3-11-19(20)27(34-29)37-25;1-8(2)6-5-7-10(3,4)9;;/h1-16H;5-7H2,1-4H3;1H2;/q-2;-1;;+4/p-1. The topological polar surface area (TPSA) is 162 Å². The third kappa shape index (κ3) is 7.04. The SMILES string of the molecule is CN(C)CCC[Si](C)(C)[O-].[OH-].[Si+4].c1ccc2c(c1)-c1nc-2nc2[n-]c(nc3nc(nc4[n-]c(n1)c1ccccc41)-c1ccccc1-3)c1ccccc21. The molecule has 0 saturated heterocycles. The predicted molar refractivity (Wildman–Crippen MR) is 207 cm³/mol. The third-order valence-electron chi connectivity index (χ3n) is 8.71. The molecular formula is C39H35N9O2Si2. The van der Waals surface area contributed by atoms with Crippen LogP contribution in [-0.2, 0) is 0 Å². The first-order valence-electron chi connectivity index (χ1n) is 16.7. The monoisotopic (exact) mass is 717 g/mol. The van der Waals surface area contributed by atoms with Crippen LogP contribution in [0.5, 0.6) is 0 Å². The first-order valence-corrected chi connectivity index (χ1v) is 19.8. The van der Waals surface area contributed by atoms with E-state index in [1.807, 2.05) is 124 Å². The Bertz CT molecular complexity index is 2260. The normalized spacial score (nSPS) is 11.7. The van der Waals surface area contributed by atoms with Gasteiger partial charge in [-0.1, -0.05) is 125 Å². The van der Waals surface area contributed by atoms with Gasteiger partial charge in [0.2, 0.25) is 0 Å². The second kappa shape index (κ2) is 14.7. The van der Waals surface area contributed by atoms with Crippen LogP contribution in [0.3, 0.4) is 0 Å². The van der Waals surface area contributed by atoms with Crippen molar-refractivity contribution >= 4 is 63.4 Å². The van der Waals surface area contributed by atoms with E-state index in [4.69, 9.17) is 39.9 Å². The van der Waals surface area contributed by atoms with Crippen LogP contribution in [0.4, 0.5) is 0 Å².